The Morgan fingerprint density at radius 3 is 2.44 bits per heavy atom. The van der Waals surface area contributed by atoms with Crippen LogP contribution < -0.4 is 5.32 Å². The molecule has 0 spiro atoms. The quantitative estimate of drug-likeness (QED) is 0.327. The lowest BCUT2D eigenvalue weighted by Gasteiger charge is -2.28. The van der Waals surface area contributed by atoms with Crippen molar-refractivity contribution in [3.63, 3.8) is 0 Å². The van der Waals surface area contributed by atoms with Crippen molar-refractivity contribution in [1.82, 2.24) is 10.2 Å². The lowest BCUT2D eigenvalue weighted by atomic mass is 10.0. The predicted molar refractivity (Wildman–Crippen MR) is 164 cm³/mol. The van der Waals surface area contributed by atoms with Crippen LogP contribution in [-0.4, -0.2) is 65.9 Å². The third kappa shape index (κ3) is 8.81. The number of esters is 2. The second-order valence-corrected chi connectivity index (χ2v) is 12.5. The van der Waals surface area contributed by atoms with Gasteiger partial charge in [0.25, 0.3) is 0 Å². The largest absolute Gasteiger partial charge is 0.465 e. The first-order valence-electron chi connectivity index (χ1n) is 14.2. The van der Waals surface area contributed by atoms with Crippen molar-refractivity contribution < 1.29 is 23.9 Å². The molecule has 41 heavy (non-hydrogen) atoms. The highest BCUT2D eigenvalue weighted by Gasteiger charge is 2.36. The third-order valence-corrected chi connectivity index (χ3v) is 8.23. The Labute approximate surface area is 247 Å². The maximum absolute atomic E-state index is 13.9. The maximum atomic E-state index is 13.9. The maximum Gasteiger partial charge on any atom is 0.326 e. The molecule has 3 aromatic carbocycles. The molecule has 0 aliphatic carbocycles. The van der Waals surface area contributed by atoms with Crippen LogP contribution in [0.5, 0.6) is 0 Å². The van der Waals surface area contributed by atoms with E-state index in [0.29, 0.717) is 25.1 Å². The predicted octanol–water partition coefficient (Wildman–Crippen LogP) is 5.32. The van der Waals surface area contributed by atoms with Crippen LogP contribution in [0.25, 0.3) is 10.8 Å². The van der Waals surface area contributed by atoms with Gasteiger partial charge < -0.3 is 14.4 Å². The van der Waals surface area contributed by atoms with E-state index < -0.39 is 23.7 Å². The Morgan fingerprint density at radius 1 is 1.02 bits per heavy atom. The second-order valence-electron chi connectivity index (χ2n) is 11.3. The summed E-state index contributed by atoms with van der Waals surface area (Å²) in [5.74, 6) is -0.613. The molecule has 1 saturated heterocycles. The molecule has 3 unspecified atom stereocenters. The van der Waals surface area contributed by atoms with Gasteiger partial charge in [-0.2, -0.15) is 0 Å². The van der Waals surface area contributed by atoms with Crippen molar-refractivity contribution in [3.05, 3.63) is 83.9 Å². The monoisotopic (exact) mass is 576 g/mol. The van der Waals surface area contributed by atoms with Gasteiger partial charge in [0.05, 0.1) is 12.6 Å². The van der Waals surface area contributed by atoms with Crippen molar-refractivity contribution in [2.75, 3.05) is 25.4 Å². The minimum absolute atomic E-state index is 0.0526. The number of fused-ring (bicyclic) bond motifs is 1. The number of hydrogen-bond acceptors (Lipinski definition) is 7. The van der Waals surface area contributed by atoms with E-state index in [-0.39, 0.29) is 30.3 Å². The number of nitrogens with zero attached hydrogens (tertiary/aromatic N) is 1. The Balaban J connectivity index is 1.57. The molecule has 1 fully saturated rings. The first kappa shape index (κ1) is 30.6. The summed E-state index contributed by atoms with van der Waals surface area (Å²) in [6.45, 7) is 7.65. The fourth-order valence-corrected chi connectivity index (χ4v) is 6.25. The molecular weight excluding hydrogens is 536 g/mol. The van der Waals surface area contributed by atoms with Gasteiger partial charge in [-0.15, -0.1) is 11.8 Å². The average molecular weight is 577 g/mol. The van der Waals surface area contributed by atoms with Crippen LogP contribution >= 0.6 is 11.8 Å². The van der Waals surface area contributed by atoms with Gasteiger partial charge in [0.2, 0.25) is 5.91 Å². The van der Waals surface area contributed by atoms with Gasteiger partial charge >= 0.3 is 11.9 Å². The molecule has 7 nitrogen and oxygen atoms in total. The summed E-state index contributed by atoms with van der Waals surface area (Å²) in [5, 5.41) is 5.53. The Hall–Kier alpha value is -3.36. The number of carbonyl (C=O) groups excluding carboxylic acids is 3. The van der Waals surface area contributed by atoms with Crippen molar-refractivity contribution in [1.29, 1.82) is 0 Å². The Morgan fingerprint density at radius 2 is 1.73 bits per heavy atom. The molecule has 0 saturated carbocycles. The number of thioether (sulfide) groups is 1. The molecule has 1 aliphatic heterocycles. The number of hydrogen-bond donors (Lipinski definition) is 1. The summed E-state index contributed by atoms with van der Waals surface area (Å²) in [6.07, 6.45) is 1.14. The molecule has 3 aromatic rings. The number of aryl methyl sites for hydroxylation is 1. The number of carbonyl (C=O) groups is 3. The summed E-state index contributed by atoms with van der Waals surface area (Å²) in [4.78, 5) is 41.3. The molecule has 8 heteroatoms. The molecule has 1 aliphatic rings. The van der Waals surface area contributed by atoms with Crippen LogP contribution in [0.1, 0.15) is 50.5 Å². The normalized spacial score (nSPS) is 18.5. The van der Waals surface area contributed by atoms with Gasteiger partial charge in [0, 0.05) is 17.5 Å². The molecule has 0 bridgehead atoms. The molecular formula is C33H40N2O5S. The summed E-state index contributed by atoms with van der Waals surface area (Å²) in [7, 11) is 0. The zero-order valence-electron chi connectivity index (χ0n) is 24.3. The van der Waals surface area contributed by atoms with Gasteiger partial charge in [-0.25, -0.2) is 0 Å². The third-order valence-electron chi connectivity index (χ3n) is 6.88. The number of amides is 1. The zero-order chi connectivity index (χ0) is 29.4. The van der Waals surface area contributed by atoms with Gasteiger partial charge in [-0.3, -0.25) is 19.7 Å². The fraction of sp³-hybridized carbons (Fsp3) is 0.424. The highest BCUT2D eigenvalue weighted by molar-refractivity contribution is 7.99. The topological polar surface area (TPSA) is 84.9 Å². The van der Waals surface area contributed by atoms with E-state index in [1.807, 2.05) is 63.2 Å². The average Bonchev–Trinajstić information content (AvgIpc) is 3.09. The molecule has 218 valence electrons. The van der Waals surface area contributed by atoms with Crippen molar-refractivity contribution in [2.24, 2.45) is 0 Å². The summed E-state index contributed by atoms with van der Waals surface area (Å²) < 4.78 is 10.9. The van der Waals surface area contributed by atoms with Gasteiger partial charge in [-0.1, -0.05) is 66.7 Å². The van der Waals surface area contributed by atoms with Crippen LogP contribution in [0.3, 0.4) is 0 Å². The van der Waals surface area contributed by atoms with Crippen molar-refractivity contribution >= 4 is 40.4 Å². The smallest absolute Gasteiger partial charge is 0.326 e. The number of nitrogens with one attached hydrogen (secondary N) is 1. The van der Waals surface area contributed by atoms with E-state index in [9.17, 15) is 14.4 Å². The lowest BCUT2D eigenvalue weighted by molar-refractivity contribution is -0.159. The first-order chi connectivity index (χ1) is 19.6. The first-order valence-corrected chi connectivity index (χ1v) is 15.3. The van der Waals surface area contributed by atoms with Crippen LogP contribution in [0.2, 0.25) is 0 Å². The van der Waals surface area contributed by atoms with Crippen molar-refractivity contribution in [3.8, 4) is 0 Å². The lowest BCUT2D eigenvalue weighted by Crippen LogP contribution is -2.54. The standard InChI is InChI=1S/C33H40N2O5S/c1-5-39-32(38)27(18-15-23-11-7-6-8-12-23)34-28-22-41-29(26-17-16-24-13-9-10-14-25(24)19-26)20-35(31(28)37)21-30(36)40-33(2,3)4/h6-14,16-17,19,27-29,34H,5,15,18,20-22H2,1-4H3. The van der Waals surface area contributed by atoms with Gasteiger partial charge in [0.1, 0.15) is 18.2 Å². The molecule has 4 rings (SSSR count). The number of rotatable bonds is 10. The van der Waals surface area contributed by atoms with E-state index in [0.717, 1.165) is 21.9 Å². The van der Waals surface area contributed by atoms with Crippen molar-refractivity contribution in [2.45, 2.75) is 63.5 Å². The summed E-state index contributed by atoms with van der Waals surface area (Å²) >= 11 is 1.65. The Kier molecular flexibility index (Phi) is 10.5. The molecule has 1 heterocycles. The Bertz CT molecular complexity index is 1340. The molecule has 0 aromatic heterocycles. The van der Waals surface area contributed by atoms with Gasteiger partial charge in [0.15, 0.2) is 0 Å². The molecule has 3 atom stereocenters. The highest BCUT2D eigenvalue weighted by Crippen LogP contribution is 2.35. The number of benzene rings is 3. The molecule has 1 amide bonds. The number of ether oxygens (including phenoxy) is 2. The summed E-state index contributed by atoms with van der Waals surface area (Å²) in [6, 6.07) is 23.1. The van der Waals surface area contributed by atoms with E-state index in [4.69, 9.17) is 9.47 Å². The minimum atomic E-state index is -0.668. The van der Waals surface area contributed by atoms with E-state index in [2.05, 4.69) is 35.6 Å². The van der Waals surface area contributed by atoms with Crippen LogP contribution in [0.15, 0.2) is 72.8 Å². The summed E-state index contributed by atoms with van der Waals surface area (Å²) in [5.41, 5.74) is 1.53. The van der Waals surface area contributed by atoms with E-state index in [1.54, 1.807) is 23.6 Å². The second kappa shape index (κ2) is 14.0. The SMILES string of the molecule is CCOC(=O)C(CCc1ccccc1)NC1CSC(c2ccc3ccccc3c2)CN(CC(=O)OC(C)(C)C)C1=O. The van der Waals surface area contributed by atoms with E-state index >= 15 is 0 Å². The highest BCUT2D eigenvalue weighted by atomic mass is 32.2. The van der Waals surface area contributed by atoms with Crippen LogP contribution in [-0.2, 0) is 30.3 Å². The molecule has 0 radical (unpaired) electrons. The van der Waals surface area contributed by atoms with Gasteiger partial charge in [-0.05, 0) is 68.5 Å². The fourth-order valence-electron chi connectivity index (χ4n) is 4.96. The van der Waals surface area contributed by atoms with E-state index in [1.165, 1.54) is 0 Å². The van der Waals surface area contributed by atoms with Crippen LogP contribution in [0.4, 0.5) is 0 Å². The zero-order valence-corrected chi connectivity index (χ0v) is 25.1. The van der Waals surface area contributed by atoms with Crippen LogP contribution in [0, 0.1) is 0 Å². The molecule has 1 N–H and O–H groups in total. The minimum Gasteiger partial charge on any atom is -0.465 e.